The number of carbonyl (C=O) groups is 1. The first-order valence-corrected chi connectivity index (χ1v) is 11.7. The topological polar surface area (TPSA) is 93.7 Å². The van der Waals surface area contributed by atoms with Crippen molar-refractivity contribution in [1.82, 2.24) is 4.72 Å². The highest BCUT2D eigenvalue weighted by atomic mass is 32.2. The number of methoxy groups -OCH3 is 1. The molecular formula is C22H26N2O5S. The molecule has 0 unspecified atom stereocenters. The van der Waals surface area contributed by atoms with Crippen LogP contribution in [0.25, 0.3) is 0 Å². The van der Waals surface area contributed by atoms with Crippen LogP contribution in [0.5, 0.6) is 11.5 Å². The first-order chi connectivity index (χ1) is 14.4. The average Bonchev–Trinajstić information content (AvgIpc) is 3.38. The average molecular weight is 431 g/mol. The number of sulfonamides is 1. The van der Waals surface area contributed by atoms with Crippen molar-refractivity contribution in [3.8, 4) is 11.5 Å². The number of hydrogen-bond donors (Lipinski definition) is 2. The predicted molar refractivity (Wildman–Crippen MR) is 114 cm³/mol. The van der Waals surface area contributed by atoms with Crippen LogP contribution in [0.2, 0.25) is 0 Å². The minimum Gasteiger partial charge on any atom is -0.495 e. The minimum atomic E-state index is -3.76. The molecule has 0 spiro atoms. The second-order valence-electron chi connectivity index (χ2n) is 7.77. The number of nitrogens with one attached hydrogen (secondary N) is 2. The molecule has 2 aromatic rings. The molecule has 8 heteroatoms. The standard InChI is InChI=1S/C22H26N2O5S/c1-28-20-12-9-15(13-21(20)30(26,27)24-16-10-11-16)22(25)23-17-5-4-8-19(14-17)29-18-6-2-3-7-18/h4-5,8-9,12-14,16,18,24H,2-3,6-7,10-11H2,1H3,(H,23,25). The zero-order valence-electron chi connectivity index (χ0n) is 16.9. The van der Waals surface area contributed by atoms with E-state index in [2.05, 4.69) is 10.0 Å². The number of anilines is 1. The van der Waals surface area contributed by atoms with E-state index in [1.54, 1.807) is 18.2 Å². The van der Waals surface area contributed by atoms with Gasteiger partial charge in [-0.15, -0.1) is 0 Å². The van der Waals surface area contributed by atoms with E-state index < -0.39 is 15.9 Å². The molecule has 2 N–H and O–H groups in total. The summed E-state index contributed by atoms with van der Waals surface area (Å²) in [5.41, 5.74) is 0.820. The first kappa shape index (κ1) is 20.7. The summed E-state index contributed by atoms with van der Waals surface area (Å²) >= 11 is 0. The van der Waals surface area contributed by atoms with Crippen LogP contribution in [0.4, 0.5) is 5.69 Å². The van der Waals surface area contributed by atoms with Gasteiger partial charge in [-0.2, -0.15) is 0 Å². The third kappa shape index (κ3) is 4.94. The van der Waals surface area contributed by atoms with E-state index in [9.17, 15) is 13.2 Å². The largest absolute Gasteiger partial charge is 0.495 e. The van der Waals surface area contributed by atoms with Gasteiger partial charge in [0.1, 0.15) is 16.4 Å². The van der Waals surface area contributed by atoms with E-state index in [0.717, 1.165) is 25.7 Å². The Kier molecular flexibility index (Phi) is 5.97. The molecule has 0 saturated heterocycles. The number of carbonyl (C=O) groups excluding carboxylic acids is 1. The fraction of sp³-hybridized carbons (Fsp3) is 0.409. The van der Waals surface area contributed by atoms with E-state index in [1.807, 2.05) is 12.1 Å². The summed E-state index contributed by atoms with van der Waals surface area (Å²) in [4.78, 5) is 12.7. The molecule has 2 aliphatic carbocycles. The van der Waals surface area contributed by atoms with Gasteiger partial charge in [0.15, 0.2) is 0 Å². The van der Waals surface area contributed by atoms with Crippen LogP contribution in [-0.4, -0.2) is 33.6 Å². The quantitative estimate of drug-likeness (QED) is 0.666. The van der Waals surface area contributed by atoms with Crippen molar-refractivity contribution in [1.29, 1.82) is 0 Å². The zero-order chi connectivity index (χ0) is 21.1. The lowest BCUT2D eigenvalue weighted by Gasteiger charge is -2.15. The number of rotatable bonds is 8. The van der Waals surface area contributed by atoms with Crippen molar-refractivity contribution in [2.24, 2.45) is 0 Å². The highest BCUT2D eigenvalue weighted by Gasteiger charge is 2.30. The lowest BCUT2D eigenvalue weighted by molar-refractivity contribution is 0.102. The number of amides is 1. The summed E-state index contributed by atoms with van der Waals surface area (Å²) in [7, 11) is -2.36. The molecule has 7 nitrogen and oxygen atoms in total. The van der Waals surface area contributed by atoms with Gasteiger partial charge in [-0.25, -0.2) is 13.1 Å². The third-order valence-electron chi connectivity index (χ3n) is 5.31. The maximum atomic E-state index is 12.8. The van der Waals surface area contributed by atoms with Crippen LogP contribution < -0.4 is 19.5 Å². The van der Waals surface area contributed by atoms with Gasteiger partial charge in [-0.05, 0) is 68.9 Å². The van der Waals surface area contributed by atoms with Gasteiger partial charge in [0.25, 0.3) is 5.91 Å². The molecule has 2 fully saturated rings. The molecule has 2 aromatic carbocycles. The van der Waals surface area contributed by atoms with Gasteiger partial charge in [0, 0.05) is 23.4 Å². The summed E-state index contributed by atoms with van der Waals surface area (Å²) in [5.74, 6) is 0.511. The molecule has 160 valence electrons. The lowest BCUT2D eigenvalue weighted by atomic mass is 10.2. The van der Waals surface area contributed by atoms with Crippen molar-refractivity contribution >= 4 is 21.6 Å². The monoisotopic (exact) mass is 430 g/mol. The molecule has 0 atom stereocenters. The van der Waals surface area contributed by atoms with Gasteiger partial charge in [-0.1, -0.05) is 6.07 Å². The Morgan fingerprint density at radius 3 is 2.50 bits per heavy atom. The maximum absolute atomic E-state index is 12.8. The first-order valence-electron chi connectivity index (χ1n) is 10.2. The molecule has 0 aliphatic heterocycles. The number of ether oxygens (including phenoxy) is 2. The molecule has 0 bridgehead atoms. The number of hydrogen-bond acceptors (Lipinski definition) is 5. The smallest absolute Gasteiger partial charge is 0.255 e. The summed E-state index contributed by atoms with van der Waals surface area (Å²) in [6.45, 7) is 0. The molecule has 0 radical (unpaired) electrons. The van der Waals surface area contributed by atoms with E-state index in [-0.39, 0.29) is 28.4 Å². The van der Waals surface area contributed by atoms with Crippen molar-refractivity contribution in [2.45, 2.75) is 55.6 Å². The third-order valence-corrected chi connectivity index (χ3v) is 6.85. The van der Waals surface area contributed by atoms with Crippen molar-refractivity contribution in [2.75, 3.05) is 12.4 Å². The van der Waals surface area contributed by atoms with Crippen LogP contribution in [0.3, 0.4) is 0 Å². The van der Waals surface area contributed by atoms with Gasteiger partial charge >= 0.3 is 0 Å². The Morgan fingerprint density at radius 2 is 1.80 bits per heavy atom. The molecule has 2 saturated carbocycles. The molecule has 2 aliphatic rings. The summed E-state index contributed by atoms with van der Waals surface area (Å²) in [6, 6.07) is 11.6. The number of benzene rings is 2. The Balaban J connectivity index is 1.51. The molecule has 1 amide bonds. The maximum Gasteiger partial charge on any atom is 0.255 e. The summed E-state index contributed by atoms with van der Waals surface area (Å²) in [5, 5.41) is 2.82. The van der Waals surface area contributed by atoms with Gasteiger partial charge in [0.05, 0.1) is 13.2 Å². The molecule has 0 aromatic heterocycles. The van der Waals surface area contributed by atoms with Gasteiger partial charge in [0.2, 0.25) is 10.0 Å². The molecule has 0 heterocycles. The Bertz CT molecular complexity index is 1030. The molecule has 4 rings (SSSR count). The van der Waals surface area contributed by atoms with Gasteiger partial charge < -0.3 is 14.8 Å². The van der Waals surface area contributed by atoms with Crippen molar-refractivity contribution in [3.05, 3.63) is 48.0 Å². The highest BCUT2D eigenvalue weighted by molar-refractivity contribution is 7.89. The second-order valence-corrected chi connectivity index (χ2v) is 9.45. The van der Waals surface area contributed by atoms with Crippen LogP contribution in [-0.2, 0) is 10.0 Å². The van der Waals surface area contributed by atoms with Crippen LogP contribution >= 0.6 is 0 Å². The van der Waals surface area contributed by atoms with E-state index in [1.165, 1.54) is 32.1 Å². The van der Waals surface area contributed by atoms with E-state index in [0.29, 0.717) is 11.4 Å². The molecule has 30 heavy (non-hydrogen) atoms. The Morgan fingerprint density at radius 1 is 1.03 bits per heavy atom. The predicted octanol–water partition coefficient (Wildman–Crippen LogP) is 3.71. The van der Waals surface area contributed by atoms with Crippen LogP contribution in [0, 0.1) is 0 Å². The highest BCUT2D eigenvalue weighted by Crippen LogP contribution is 2.29. The van der Waals surface area contributed by atoms with E-state index in [4.69, 9.17) is 9.47 Å². The lowest BCUT2D eigenvalue weighted by Crippen LogP contribution is -2.26. The fourth-order valence-electron chi connectivity index (χ4n) is 3.56. The molecular weight excluding hydrogens is 404 g/mol. The summed E-state index contributed by atoms with van der Waals surface area (Å²) in [6.07, 6.45) is 6.33. The minimum absolute atomic E-state index is 0.0390. The fourth-order valence-corrected chi connectivity index (χ4v) is 5.06. The second kappa shape index (κ2) is 8.65. The van der Waals surface area contributed by atoms with Crippen molar-refractivity contribution in [3.63, 3.8) is 0 Å². The normalized spacial score (nSPS) is 17.0. The zero-order valence-corrected chi connectivity index (χ0v) is 17.7. The van der Waals surface area contributed by atoms with Crippen molar-refractivity contribution < 1.29 is 22.7 Å². The van der Waals surface area contributed by atoms with Gasteiger partial charge in [-0.3, -0.25) is 4.79 Å². The Labute approximate surface area is 176 Å². The summed E-state index contributed by atoms with van der Waals surface area (Å²) < 4.78 is 39.1. The van der Waals surface area contributed by atoms with Crippen LogP contribution in [0.15, 0.2) is 47.4 Å². The Hall–Kier alpha value is -2.58. The van der Waals surface area contributed by atoms with Crippen LogP contribution in [0.1, 0.15) is 48.9 Å². The SMILES string of the molecule is COc1ccc(C(=O)Nc2cccc(OC3CCCC3)c2)cc1S(=O)(=O)NC1CC1. The van der Waals surface area contributed by atoms with E-state index >= 15 is 0 Å².